The van der Waals surface area contributed by atoms with Gasteiger partial charge in [0.05, 0.1) is 16.6 Å². The van der Waals surface area contributed by atoms with E-state index in [4.69, 9.17) is 9.47 Å². The van der Waals surface area contributed by atoms with Crippen molar-refractivity contribution in [2.45, 2.75) is 50.7 Å². The highest BCUT2D eigenvalue weighted by Crippen LogP contribution is 2.46. The molecule has 1 aromatic carbocycles. The Balaban J connectivity index is 1.91. The number of hydrogen-bond acceptors (Lipinski definition) is 6. The third-order valence-electron chi connectivity index (χ3n) is 5.45. The van der Waals surface area contributed by atoms with Gasteiger partial charge in [-0.15, -0.1) is 0 Å². The molecule has 0 amide bonds. The minimum absolute atomic E-state index is 0.0141. The third-order valence-corrected chi connectivity index (χ3v) is 5.45. The van der Waals surface area contributed by atoms with Gasteiger partial charge in [0.25, 0.3) is 5.69 Å². The number of esters is 1. The van der Waals surface area contributed by atoms with Gasteiger partial charge in [-0.05, 0) is 43.4 Å². The molecular formula is C19H23NO6. The van der Waals surface area contributed by atoms with Crippen LogP contribution in [0, 0.1) is 16.0 Å². The van der Waals surface area contributed by atoms with Crippen molar-refractivity contribution in [1.82, 2.24) is 0 Å². The molecule has 2 atom stereocenters. The summed E-state index contributed by atoms with van der Waals surface area (Å²) in [5.41, 5.74) is 0.0484. The zero-order valence-electron chi connectivity index (χ0n) is 14.9. The molecule has 0 saturated heterocycles. The van der Waals surface area contributed by atoms with Crippen LogP contribution in [0.1, 0.15) is 50.7 Å². The lowest BCUT2D eigenvalue weighted by atomic mass is 9.81. The number of carbonyl (C=O) groups is 1. The molecule has 3 rings (SSSR count). The number of carbonyl (C=O) groups excluding carboxylic acids is 1. The van der Waals surface area contributed by atoms with Crippen molar-refractivity contribution < 1.29 is 24.3 Å². The lowest BCUT2D eigenvalue weighted by molar-refractivity contribution is -0.384. The maximum absolute atomic E-state index is 12.5. The van der Waals surface area contributed by atoms with Gasteiger partial charge in [0.15, 0.2) is 5.60 Å². The normalized spacial score (nSPS) is 21.5. The van der Waals surface area contributed by atoms with Gasteiger partial charge >= 0.3 is 5.97 Å². The van der Waals surface area contributed by atoms with Gasteiger partial charge in [-0.2, -0.15) is 0 Å². The molecule has 0 aromatic heterocycles. The highest BCUT2D eigenvalue weighted by molar-refractivity contribution is 5.93. The van der Waals surface area contributed by atoms with E-state index in [1.807, 2.05) is 0 Å². The first-order valence-corrected chi connectivity index (χ1v) is 8.84. The Bertz CT molecular complexity index is 733. The predicted octanol–water partition coefficient (Wildman–Crippen LogP) is 3.99. The Morgan fingerprint density at radius 2 is 1.85 bits per heavy atom. The van der Waals surface area contributed by atoms with Crippen molar-refractivity contribution >= 4 is 11.7 Å². The molecule has 140 valence electrons. The fourth-order valence-corrected chi connectivity index (χ4v) is 4.05. The van der Waals surface area contributed by atoms with E-state index in [0.717, 1.165) is 19.3 Å². The molecule has 1 saturated carbocycles. The van der Waals surface area contributed by atoms with Crippen LogP contribution in [-0.4, -0.2) is 28.7 Å². The number of hydrogen-bond donors (Lipinski definition) is 1. The molecule has 1 spiro atoms. The monoisotopic (exact) mass is 361 g/mol. The number of nitrogens with zero attached hydrogens (tertiary/aromatic N) is 1. The Labute approximate surface area is 151 Å². The van der Waals surface area contributed by atoms with Gasteiger partial charge in [0.2, 0.25) is 0 Å². The number of non-ortho nitro benzene ring substituents is 1. The molecule has 1 aliphatic heterocycles. The van der Waals surface area contributed by atoms with Gasteiger partial charge in [0.1, 0.15) is 5.76 Å². The topological polar surface area (TPSA) is 98.9 Å². The third kappa shape index (κ3) is 3.07. The minimum atomic E-state index is -0.882. The van der Waals surface area contributed by atoms with Gasteiger partial charge in [-0.1, -0.05) is 13.3 Å². The average Bonchev–Trinajstić information content (AvgIpc) is 2.86. The molecular weight excluding hydrogens is 338 g/mol. The number of aliphatic hydroxyl groups excluding tert-OH is 1. The summed E-state index contributed by atoms with van der Waals surface area (Å²) in [4.78, 5) is 22.9. The second-order valence-electron chi connectivity index (χ2n) is 7.00. The van der Waals surface area contributed by atoms with Crippen LogP contribution in [0.15, 0.2) is 35.6 Å². The summed E-state index contributed by atoms with van der Waals surface area (Å²) >= 11 is 0. The highest BCUT2D eigenvalue weighted by atomic mass is 16.6. The molecule has 26 heavy (non-hydrogen) atoms. The smallest absolute Gasteiger partial charge is 0.338 e. The van der Waals surface area contributed by atoms with Crippen LogP contribution in [0.4, 0.5) is 5.69 Å². The van der Waals surface area contributed by atoms with Crippen molar-refractivity contribution in [2.24, 2.45) is 5.92 Å². The summed E-state index contributed by atoms with van der Waals surface area (Å²) in [6.45, 7) is 1.80. The predicted molar refractivity (Wildman–Crippen MR) is 93.6 cm³/mol. The van der Waals surface area contributed by atoms with Crippen LogP contribution in [0.2, 0.25) is 0 Å². The number of nitro benzene ring substituents is 1. The van der Waals surface area contributed by atoms with Crippen molar-refractivity contribution in [2.75, 3.05) is 7.11 Å². The number of nitro groups is 1. The summed E-state index contributed by atoms with van der Waals surface area (Å²) in [5.74, 6) is -0.921. The van der Waals surface area contributed by atoms with Crippen LogP contribution in [0.3, 0.4) is 0 Å². The molecule has 2 aliphatic rings. The van der Waals surface area contributed by atoms with Crippen molar-refractivity contribution in [3.63, 3.8) is 0 Å². The Kier molecular flexibility index (Phi) is 5.00. The highest BCUT2D eigenvalue weighted by Gasteiger charge is 2.50. The molecule has 1 aliphatic carbocycles. The van der Waals surface area contributed by atoms with E-state index in [9.17, 15) is 20.0 Å². The molecule has 7 heteroatoms. The first-order valence-electron chi connectivity index (χ1n) is 8.84. The quantitative estimate of drug-likeness (QED) is 0.484. The zero-order valence-corrected chi connectivity index (χ0v) is 14.9. The molecule has 1 N–H and O–H groups in total. The van der Waals surface area contributed by atoms with E-state index in [1.165, 1.54) is 19.2 Å². The number of benzene rings is 1. The van der Waals surface area contributed by atoms with E-state index < -0.39 is 28.5 Å². The van der Waals surface area contributed by atoms with E-state index >= 15 is 0 Å². The van der Waals surface area contributed by atoms with Gasteiger partial charge in [-0.3, -0.25) is 10.1 Å². The van der Waals surface area contributed by atoms with Gasteiger partial charge in [0, 0.05) is 25.2 Å². The molecule has 1 aromatic rings. The number of ether oxygens (including phenoxy) is 2. The minimum Gasteiger partial charge on any atom is -0.507 e. The second kappa shape index (κ2) is 7.07. The molecule has 7 nitrogen and oxygen atoms in total. The first-order chi connectivity index (χ1) is 12.4. The van der Waals surface area contributed by atoms with Crippen molar-refractivity contribution in [1.29, 1.82) is 0 Å². The van der Waals surface area contributed by atoms with Crippen LogP contribution in [-0.2, 0) is 14.3 Å². The van der Waals surface area contributed by atoms with Crippen LogP contribution in [0.25, 0.3) is 0 Å². The lowest BCUT2D eigenvalue weighted by Gasteiger charge is -2.31. The maximum Gasteiger partial charge on any atom is 0.338 e. The SMILES string of the molecule is CO[C@H](c1ccc([N+](=O)[O-])cc1)[C@H](C)C1=C(O)C2(CCCCC2)OC1=O. The largest absolute Gasteiger partial charge is 0.507 e. The fraction of sp³-hybridized carbons (Fsp3) is 0.526. The van der Waals surface area contributed by atoms with Gasteiger partial charge in [-0.25, -0.2) is 4.79 Å². The Morgan fingerprint density at radius 3 is 2.38 bits per heavy atom. The first kappa shape index (κ1) is 18.4. The maximum atomic E-state index is 12.5. The molecule has 1 heterocycles. The van der Waals surface area contributed by atoms with E-state index in [1.54, 1.807) is 19.1 Å². The summed E-state index contributed by atoms with van der Waals surface area (Å²) in [5, 5.41) is 21.6. The summed E-state index contributed by atoms with van der Waals surface area (Å²) in [6.07, 6.45) is 3.64. The van der Waals surface area contributed by atoms with Crippen LogP contribution in [0.5, 0.6) is 0 Å². The molecule has 0 bridgehead atoms. The van der Waals surface area contributed by atoms with Crippen LogP contribution >= 0.6 is 0 Å². The Hall–Kier alpha value is -2.41. The van der Waals surface area contributed by atoms with Gasteiger partial charge < -0.3 is 14.6 Å². The fourth-order valence-electron chi connectivity index (χ4n) is 4.05. The van der Waals surface area contributed by atoms with Crippen molar-refractivity contribution in [3.8, 4) is 0 Å². The summed E-state index contributed by atoms with van der Waals surface area (Å²) < 4.78 is 11.2. The standard InChI is InChI=1S/C19H23NO6/c1-12(16(25-2)13-6-8-14(9-7-13)20(23)24)15-17(21)19(26-18(15)22)10-4-3-5-11-19/h6-9,12,16,21H,3-5,10-11H2,1-2H3/t12-,16+/m1/s1. The summed E-state index contributed by atoms with van der Waals surface area (Å²) in [7, 11) is 1.51. The number of methoxy groups -OCH3 is 1. The number of aliphatic hydroxyl groups is 1. The molecule has 0 unspecified atom stereocenters. The molecule has 0 radical (unpaired) electrons. The van der Waals surface area contributed by atoms with E-state index in [2.05, 4.69) is 0 Å². The Morgan fingerprint density at radius 1 is 1.23 bits per heavy atom. The average molecular weight is 361 g/mol. The van der Waals surface area contributed by atoms with Crippen LogP contribution < -0.4 is 0 Å². The number of rotatable bonds is 5. The second-order valence-corrected chi connectivity index (χ2v) is 7.00. The van der Waals surface area contributed by atoms with Crippen molar-refractivity contribution in [3.05, 3.63) is 51.3 Å². The lowest BCUT2D eigenvalue weighted by Crippen LogP contribution is -2.34. The zero-order chi connectivity index (χ0) is 18.9. The van der Waals surface area contributed by atoms with E-state index in [-0.39, 0.29) is 17.0 Å². The van der Waals surface area contributed by atoms with E-state index in [0.29, 0.717) is 18.4 Å². The molecule has 1 fully saturated rings. The summed E-state index contributed by atoms with van der Waals surface area (Å²) in [6, 6.07) is 6.02.